The van der Waals surface area contributed by atoms with E-state index < -0.39 is 0 Å². The number of carbonyl (C=O) groups is 1. The highest BCUT2D eigenvalue weighted by Crippen LogP contribution is 2.15. The molecule has 106 valence electrons. The molecule has 2 N–H and O–H groups in total. The Labute approximate surface area is 121 Å². The zero-order valence-corrected chi connectivity index (χ0v) is 12.3. The molecule has 1 saturated heterocycles. The standard InChI is InChI=1S/C15H22N2O.ClH/c1-2-3-4-12-5-7-14(8-6-12)17-15(18)13-9-10-16-11-13;/h5-8,13,16H,2-4,9-11H2,1H3,(H,17,18);1H. The van der Waals surface area contributed by atoms with Gasteiger partial charge in [0, 0.05) is 12.2 Å². The van der Waals surface area contributed by atoms with Crippen LogP contribution in [0.4, 0.5) is 5.69 Å². The molecule has 0 saturated carbocycles. The Kier molecular flexibility index (Phi) is 6.89. The molecule has 0 aliphatic carbocycles. The van der Waals surface area contributed by atoms with Crippen LogP contribution in [0.5, 0.6) is 0 Å². The summed E-state index contributed by atoms with van der Waals surface area (Å²) >= 11 is 0. The van der Waals surface area contributed by atoms with Crippen molar-refractivity contribution in [3.8, 4) is 0 Å². The van der Waals surface area contributed by atoms with Gasteiger partial charge < -0.3 is 10.6 Å². The number of hydrogen-bond acceptors (Lipinski definition) is 2. The van der Waals surface area contributed by atoms with Gasteiger partial charge in [-0.15, -0.1) is 12.4 Å². The minimum atomic E-state index is 0. The highest BCUT2D eigenvalue weighted by Gasteiger charge is 2.22. The number of nitrogens with one attached hydrogen (secondary N) is 2. The fourth-order valence-electron chi connectivity index (χ4n) is 2.26. The molecular formula is C15H23ClN2O. The number of carbonyl (C=O) groups excluding carboxylic acids is 1. The molecule has 1 heterocycles. The van der Waals surface area contributed by atoms with Crippen LogP contribution >= 0.6 is 12.4 Å². The van der Waals surface area contributed by atoms with E-state index in [9.17, 15) is 4.79 Å². The summed E-state index contributed by atoms with van der Waals surface area (Å²) in [6.07, 6.45) is 4.50. The molecule has 1 atom stereocenters. The van der Waals surface area contributed by atoms with Crippen LogP contribution in [-0.2, 0) is 11.2 Å². The Morgan fingerprint density at radius 2 is 2.11 bits per heavy atom. The van der Waals surface area contributed by atoms with Crippen molar-refractivity contribution >= 4 is 24.0 Å². The topological polar surface area (TPSA) is 41.1 Å². The number of unbranched alkanes of at least 4 members (excludes halogenated alkanes) is 1. The number of benzene rings is 1. The molecule has 0 bridgehead atoms. The molecule has 0 radical (unpaired) electrons. The van der Waals surface area contributed by atoms with Crippen LogP contribution in [-0.4, -0.2) is 19.0 Å². The van der Waals surface area contributed by atoms with Gasteiger partial charge in [0.2, 0.25) is 5.91 Å². The van der Waals surface area contributed by atoms with Gasteiger partial charge in [0.05, 0.1) is 5.92 Å². The molecule has 3 nitrogen and oxygen atoms in total. The zero-order chi connectivity index (χ0) is 12.8. The summed E-state index contributed by atoms with van der Waals surface area (Å²) in [7, 11) is 0. The van der Waals surface area contributed by atoms with Gasteiger partial charge in [-0.1, -0.05) is 25.5 Å². The monoisotopic (exact) mass is 282 g/mol. The molecule has 1 unspecified atom stereocenters. The average Bonchev–Trinajstić information content (AvgIpc) is 2.92. The normalized spacial score (nSPS) is 17.8. The van der Waals surface area contributed by atoms with Crippen molar-refractivity contribution < 1.29 is 4.79 Å². The summed E-state index contributed by atoms with van der Waals surface area (Å²) in [5.41, 5.74) is 2.25. The van der Waals surface area contributed by atoms with Crippen molar-refractivity contribution in [2.24, 2.45) is 5.92 Å². The Morgan fingerprint density at radius 3 is 2.68 bits per heavy atom. The first kappa shape index (κ1) is 16.0. The number of anilines is 1. The van der Waals surface area contributed by atoms with Crippen molar-refractivity contribution in [3.05, 3.63) is 29.8 Å². The summed E-state index contributed by atoms with van der Waals surface area (Å²) in [5, 5.41) is 6.20. The maximum Gasteiger partial charge on any atom is 0.228 e. The first-order valence-electron chi connectivity index (χ1n) is 6.90. The highest BCUT2D eigenvalue weighted by atomic mass is 35.5. The van der Waals surface area contributed by atoms with E-state index in [0.717, 1.165) is 31.6 Å². The number of aryl methyl sites for hydroxylation is 1. The number of rotatable bonds is 5. The number of halogens is 1. The first-order chi connectivity index (χ1) is 8.79. The lowest BCUT2D eigenvalue weighted by molar-refractivity contribution is -0.119. The second kappa shape index (κ2) is 8.18. The molecule has 1 amide bonds. The van der Waals surface area contributed by atoms with Gasteiger partial charge in [-0.25, -0.2) is 0 Å². The summed E-state index contributed by atoms with van der Waals surface area (Å²) in [5.74, 6) is 0.270. The van der Waals surface area contributed by atoms with Crippen LogP contribution in [0, 0.1) is 5.92 Å². The average molecular weight is 283 g/mol. The van der Waals surface area contributed by atoms with Gasteiger partial charge >= 0.3 is 0 Å². The summed E-state index contributed by atoms with van der Waals surface area (Å²) in [4.78, 5) is 11.9. The van der Waals surface area contributed by atoms with Crippen LogP contribution in [0.25, 0.3) is 0 Å². The van der Waals surface area contributed by atoms with E-state index in [1.54, 1.807) is 0 Å². The van der Waals surface area contributed by atoms with Gasteiger partial charge in [-0.05, 0) is 43.5 Å². The van der Waals surface area contributed by atoms with Gasteiger partial charge in [0.15, 0.2) is 0 Å². The molecule has 19 heavy (non-hydrogen) atoms. The predicted octanol–water partition coefficient (Wildman–Crippen LogP) is 3.00. The van der Waals surface area contributed by atoms with Crippen molar-refractivity contribution in [3.63, 3.8) is 0 Å². The van der Waals surface area contributed by atoms with E-state index in [1.165, 1.54) is 18.4 Å². The third-order valence-corrected chi connectivity index (χ3v) is 3.47. The first-order valence-corrected chi connectivity index (χ1v) is 6.90. The second-order valence-electron chi connectivity index (χ2n) is 4.98. The molecule has 1 aromatic rings. The minimum absolute atomic E-state index is 0. The molecular weight excluding hydrogens is 260 g/mol. The molecule has 2 rings (SSSR count). The van der Waals surface area contributed by atoms with Crippen LogP contribution in [0.2, 0.25) is 0 Å². The van der Waals surface area contributed by atoms with Gasteiger partial charge in [0.25, 0.3) is 0 Å². The van der Waals surface area contributed by atoms with E-state index in [4.69, 9.17) is 0 Å². The predicted molar refractivity (Wildman–Crippen MR) is 81.9 cm³/mol. The minimum Gasteiger partial charge on any atom is -0.326 e. The van der Waals surface area contributed by atoms with Gasteiger partial charge in [-0.2, -0.15) is 0 Å². The molecule has 0 aromatic heterocycles. The maximum absolute atomic E-state index is 11.9. The Bertz CT molecular complexity index is 386. The smallest absolute Gasteiger partial charge is 0.228 e. The van der Waals surface area contributed by atoms with Crippen LogP contribution in [0.15, 0.2) is 24.3 Å². The third-order valence-electron chi connectivity index (χ3n) is 3.47. The van der Waals surface area contributed by atoms with Crippen LogP contribution in [0.1, 0.15) is 31.7 Å². The van der Waals surface area contributed by atoms with Crippen molar-refractivity contribution in [1.29, 1.82) is 0 Å². The fraction of sp³-hybridized carbons (Fsp3) is 0.533. The maximum atomic E-state index is 11.9. The van der Waals surface area contributed by atoms with E-state index >= 15 is 0 Å². The van der Waals surface area contributed by atoms with Gasteiger partial charge in [-0.3, -0.25) is 4.79 Å². The fourth-order valence-corrected chi connectivity index (χ4v) is 2.26. The van der Waals surface area contributed by atoms with Crippen molar-refractivity contribution in [2.75, 3.05) is 18.4 Å². The number of hydrogen-bond donors (Lipinski definition) is 2. The quantitative estimate of drug-likeness (QED) is 0.872. The van der Waals surface area contributed by atoms with Crippen LogP contribution < -0.4 is 10.6 Å². The van der Waals surface area contributed by atoms with Crippen LogP contribution in [0.3, 0.4) is 0 Å². The zero-order valence-electron chi connectivity index (χ0n) is 11.4. The van der Waals surface area contributed by atoms with E-state index in [1.807, 2.05) is 12.1 Å². The third kappa shape index (κ3) is 4.84. The van der Waals surface area contributed by atoms with E-state index in [2.05, 4.69) is 29.7 Å². The summed E-state index contributed by atoms with van der Waals surface area (Å²) in [6.45, 7) is 3.96. The Balaban J connectivity index is 0.00000180. The largest absolute Gasteiger partial charge is 0.326 e. The Morgan fingerprint density at radius 1 is 1.37 bits per heavy atom. The lowest BCUT2D eigenvalue weighted by Crippen LogP contribution is -2.24. The lowest BCUT2D eigenvalue weighted by atomic mass is 10.1. The lowest BCUT2D eigenvalue weighted by Gasteiger charge is -2.10. The van der Waals surface area contributed by atoms with Crippen molar-refractivity contribution in [1.82, 2.24) is 5.32 Å². The number of amides is 1. The Hall–Kier alpha value is -1.06. The molecule has 1 aliphatic heterocycles. The van der Waals surface area contributed by atoms with Gasteiger partial charge in [0.1, 0.15) is 0 Å². The van der Waals surface area contributed by atoms with Crippen molar-refractivity contribution in [2.45, 2.75) is 32.6 Å². The molecule has 1 aromatic carbocycles. The molecule has 4 heteroatoms. The SMILES string of the molecule is CCCCc1ccc(NC(=O)C2CCNC2)cc1.Cl. The highest BCUT2D eigenvalue weighted by molar-refractivity contribution is 5.92. The summed E-state index contributed by atoms with van der Waals surface area (Å²) < 4.78 is 0. The summed E-state index contributed by atoms with van der Waals surface area (Å²) in [6, 6.07) is 8.23. The second-order valence-corrected chi connectivity index (χ2v) is 4.98. The molecule has 1 aliphatic rings. The van der Waals surface area contributed by atoms with E-state index in [0.29, 0.717) is 0 Å². The van der Waals surface area contributed by atoms with E-state index in [-0.39, 0.29) is 24.2 Å². The molecule has 1 fully saturated rings. The molecule has 0 spiro atoms.